The Morgan fingerprint density at radius 1 is 1.42 bits per heavy atom. The first-order valence-corrected chi connectivity index (χ1v) is 7.99. The third-order valence-corrected chi connectivity index (χ3v) is 4.53. The van der Waals surface area contributed by atoms with E-state index in [0.717, 1.165) is 28.4 Å². The predicted molar refractivity (Wildman–Crippen MR) is 86.5 cm³/mol. The number of nitrogens with two attached hydrogens (primary N) is 1. The Hall–Kier alpha value is -0.740. The van der Waals surface area contributed by atoms with Crippen LogP contribution in [0.1, 0.15) is 32.6 Å². The van der Waals surface area contributed by atoms with Crippen LogP contribution in [0.3, 0.4) is 0 Å². The molecule has 3 nitrogen and oxygen atoms in total. The van der Waals surface area contributed by atoms with Gasteiger partial charge in [-0.15, -0.1) is 0 Å². The summed E-state index contributed by atoms with van der Waals surface area (Å²) in [4.78, 5) is 2.61. The van der Waals surface area contributed by atoms with E-state index in [-0.39, 0.29) is 0 Å². The topological polar surface area (TPSA) is 41.3 Å². The summed E-state index contributed by atoms with van der Waals surface area (Å²) in [6.07, 6.45) is 5.30. The number of anilines is 2. The first-order valence-electron chi connectivity index (χ1n) is 7.20. The van der Waals surface area contributed by atoms with Gasteiger partial charge in [0, 0.05) is 35.0 Å². The van der Waals surface area contributed by atoms with Crippen molar-refractivity contribution in [1.82, 2.24) is 4.90 Å². The smallest absolute Gasteiger partial charge is 0.0486 e. The van der Waals surface area contributed by atoms with Crippen LogP contribution in [-0.4, -0.2) is 30.6 Å². The Balaban J connectivity index is 1.71. The zero-order valence-electron chi connectivity index (χ0n) is 11.7. The number of halogens is 1. The molecule has 1 fully saturated rings. The minimum Gasteiger partial charge on any atom is -0.399 e. The number of rotatable bonds is 5. The lowest BCUT2D eigenvalue weighted by Gasteiger charge is -2.33. The normalized spacial score (nSPS) is 20.4. The van der Waals surface area contributed by atoms with E-state index in [4.69, 9.17) is 5.73 Å². The molecule has 1 atom stereocenters. The molecule has 0 spiro atoms. The number of hydrogen-bond acceptors (Lipinski definition) is 3. The monoisotopic (exact) mass is 325 g/mol. The summed E-state index contributed by atoms with van der Waals surface area (Å²) in [7, 11) is 0. The molecular formula is C15H24BrN3. The number of nitrogens with zero attached hydrogens (tertiary/aromatic N) is 1. The lowest BCUT2D eigenvalue weighted by atomic mass is 10.0. The fraction of sp³-hybridized carbons (Fsp3) is 0.600. The van der Waals surface area contributed by atoms with Crippen molar-refractivity contribution in [2.75, 3.05) is 30.7 Å². The highest BCUT2D eigenvalue weighted by molar-refractivity contribution is 9.10. The number of hydrogen-bond donors (Lipinski definition) is 2. The number of nitrogens with one attached hydrogen (secondary N) is 1. The molecule has 0 saturated carbocycles. The van der Waals surface area contributed by atoms with E-state index < -0.39 is 0 Å². The maximum Gasteiger partial charge on any atom is 0.0486 e. The van der Waals surface area contributed by atoms with Gasteiger partial charge in [0.25, 0.3) is 0 Å². The molecule has 106 valence electrons. The van der Waals surface area contributed by atoms with E-state index in [2.05, 4.69) is 33.1 Å². The van der Waals surface area contributed by atoms with Crippen molar-refractivity contribution in [1.29, 1.82) is 0 Å². The molecule has 1 unspecified atom stereocenters. The molecule has 0 bridgehead atoms. The van der Waals surface area contributed by atoms with Crippen LogP contribution < -0.4 is 11.1 Å². The summed E-state index contributed by atoms with van der Waals surface area (Å²) < 4.78 is 1.04. The van der Waals surface area contributed by atoms with Crippen molar-refractivity contribution < 1.29 is 0 Å². The van der Waals surface area contributed by atoms with Crippen LogP contribution >= 0.6 is 15.9 Å². The van der Waals surface area contributed by atoms with Crippen LogP contribution in [0.2, 0.25) is 0 Å². The van der Waals surface area contributed by atoms with E-state index in [9.17, 15) is 0 Å². The van der Waals surface area contributed by atoms with E-state index in [0.29, 0.717) is 0 Å². The molecule has 3 N–H and O–H groups in total. The maximum atomic E-state index is 5.73. The summed E-state index contributed by atoms with van der Waals surface area (Å²) in [6, 6.07) is 6.66. The van der Waals surface area contributed by atoms with Gasteiger partial charge in [0.2, 0.25) is 0 Å². The summed E-state index contributed by atoms with van der Waals surface area (Å²) in [5.74, 6) is 0. The van der Waals surface area contributed by atoms with Crippen molar-refractivity contribution in [3.8, 4) is 0 Å². The highest BCUT2D eigenvalue weighted by Crippen LogP contribution is 2.24. The molecule has 1 aromatic rings. The van der Waals surface area contributed by atoms with Gasteiger partial charge in [0.15, 0.2) is 0 Å². The van der Waals surface area contributed by atoms with Gasteiger partial charge in [0.05, 0.1) is 0 Å². The van der Waals surface area contributed by atoms with Gasteiger partial charge in [-0.2, -0.15) is 0 Å². The molecule has 1 aliphatic rings. The average Bonchev–Trinajstić information content (AvgIpc) is 2.38. The van der Waals surface area contributed by atoms with E-state index >= 15 is 0 Å². The second-order valence-corrected chi connectivity index (χ2v) is 6.25. The zero-order valence-corrected chi connectivity index (χ0v) is 13.2. The lowest BCUT2D eigenvalue weighted by Crippen LogP contribution is -2.38. The molecule has 2 rings (SSSR count). The highest BCUT2D eigenvalue weighted by Gasteiger charge is 2.16. The largest absolute Gasteiger partial charge is 0.399 e. The lowest BCUT2D eigenvalue weighted by molar-refractivity contribution is 0.160. The molecule has 0 aliphatic carbocycles. The molecule has 1 heterocycles. The van der Waals surface area contributed by atoms with Crippen LogP contribution in [0.5, 0.6) is 0 Å². The van der Waals surface area contributed by atoms with Gasteiger partial charge in [-0.05, 0) is 66.9 Å². The number of benzene rings is 1. The molecule has 0 radical (unpaired) electrons. The Kier molecular flexibility index (Phi) is 5.52. The summed E-state index contributed by atoms with van der Waals surface area (Å²) in [6.45, 7) is 5.82. The quantitative estimate of drug-likeness (QED) is 0.640. The third-order valence-electron chi connectivity index (χ3n) is 3.87. The summed E-state index contributed by atoms with van der Waals surface area (Å²) in [5, 5.41) is 3.47. The fourth-order valence-corrected chi connectivity index (χ4v) is 3.21. The van der Waals surface area contributed by atoms with Crippen molar-refractivity contribution in [3.63, 3.8) is 0 Å². The molecule has 19 heavy (non-hydrogen) atoms. The van der Waals surface area contributed by atoms with Gasteiger partial charge < -0.3 is 16.0 Å². The third kappa shape index (κ3) is 4.39. The number of likely N-dealkylation sites (tertiary alicyclic amines) is 1. The van der Waals surface area contributed by atoms with Crippen molar-refractivity contribution in [2.45, 2.75) is 38.6 Å². The van der Waals surface area contributed by atoms with Crippen LogP contribution in [0.15, 0.2) is 22.7 Å². The number of nitrogen functional groups attached to an aromatic ring is 1. The van der Waals surface area contributed by atoms with Crippen LogP contribution in [0.25, 0.3) is 0 Å². The van der Waals surface area contributed by atoms with Crippen molar-refractivity contribution >= 4 is 27.3 Å². The molecule has 0 aromatic heterocycles. The first kappa shape index (κ1) is 14.7. The standard InChI is InChI=1S/C15H24BrN3/c1-12-5-2-3-9-19(12)10-4-8-18-15-7-6-13(17)11-14(15)16/h6-7,11-12,18H,2-5,8-10,17H2,1H3. The van der Waals surface area contributed by atoms with Gasteiger partial charge in [0.1, 0.15) is 0 Å². The van der Waals surface area contributed by atoms with Gasteiger partial charge >= 0.3 is 0 Å². The Morgan fingerprint density at radius 2 is 2.26 bits per heavy atom. The summed E-state index contributed by atoms with van der Waals surface area (Å²) >= 11 is 3.53. The fourth-order valence-electron chi connectivity index (χ4n) is 2.67. The van der Waals surface area contributed by atoms with Crippen LogP contribution in [0, 0.1) is 0 Å². The predicted octanol–water partition coefficient (Wildman–Crippen LogP) is 3.71. The molecular weight excluding hydrogens is 302 g/mol. The van der Waals surface area contributed by atoms with Crippen molar-refractivity contribution in [2.24, 2.45) is 0 Å². The first-order chi connectivity index (χ1) is 9.16. The second kappa shape index (κ2) is 7.15. The molecule has 0 amide bonds. The minimum absolute atomic E-state index is 0.761. The van der Waals surface area contributed by atoms with Crippen LogP contribution in [0.4, 0.5) is 11.4 Å². The van der Waals surface area contributed by atoms with E-state index in [1.165, 1.54) is 38.8 Å². The van der Waals surface area contributed by atoms with Gasteiger partial charge in [-0.3, -0.25) is 0 Å². The Bertz CT molecular complexity index is 408. The molecule has 1 aliphatic heterocycles. The summed E-state index contributed by atoms with van der Waals surface area (Å²) in [5.41, 5.74) is 7.65. The molecule has 1 aromatic carbocycles. The van der Waals surface area contributed by atoms with Gasteiger partial charge in [-0.25, -0.2) is 0 Å². The Labute approximate surface area is 124 Å². The average molecular weight is 326 g/mol. The SMILES string of the molecule is CC1CCCCN1CCCNc1ccc(N)cc1Br. The van der Waals surface area contributed by atoms with Crippen molar-refractivity contribution in [3.05, 3.63) is 22.7 Å². The van der Waals surface area contributed by atoms with Gasteiger partial charge in [-0.1, -0.05) is 6.42 Å². The molecule has 4 heteroatoms. The van der Waals surface area contributed by atoms with E-state index in [1.807, 2.05) is 18.2 Å². The molecule has 1 saturated heterocycles. The number of piperidine rings is 1. The minimum atomic E-state index is 0.761. The maximum absolute atomic E-state index is 5.73. The zero-order chi connectivity index (χ0) is 13.7. The Morgan fingerprint density at radius 3 is 3.00 bits per heavy atom. The van der Waals surface area contributed by atoms with E-state index in [1.54, 1.807) is 0 Å². The highest BCUT2D eigenvalue weighted by atomic mass is 79.9. The second-order valence-electron chi connectivity index (χ2n) is 5.40. The van der Waals surface area contributed by atoms with Crippen LogP contribution in [-0.2, 0) is 0 Å².